The van der Waals surface area contributed by atoms with E-state index in [0.29, 0.717) is 12.6 Å². The Labute approximate surface area is 109 Å². The number of hydrogen-bond donors (Lipinski definition) is 3. The summed E-state index contributed by atoms with van der Waals surface area (Å²) in [6.45, 7) is 6.33. The second-order valence-corrected chi connectivity index (χ2v) is 6.00. The van der Waals surface area contributed by atoms with Gasteiger partial charge in [-0.05, 0) is 19.4 Å². The van der Waals surface area contributed by atoms with Crippen LogP contribution in [0.4, 0.5) is 0 Å². The van der Waals surface area contributed by atoms with Gasteiger partial charge >= 0.3 is 0 Å². The fourth-order valence-electron chi connectivity index (χ4n) is 2.71. The summed E-state index contributed by atoms with van der Waals surface area (Å²) in [5, 5.41) is 21.7. The van der Waals surface area contributed by atoms with Crippen LogP contribution >= 0.6 is 0 Å². The highest BCUT2D eigenvalue weighted by molar-refractivity contribution is 4.86. The maximum atomic E-state index is 9.21. The Bertz CT molecular complexity index is 259. The van der Waals surface area contributed by atoms with Crippen LogP contribution in [0.3, 0.4) is 0 Å². The van der Waals surface area contributed by atoms with Gasteiger partial charge < -0.3 is 20.3 Å². The second kappa shape index (κ2) is 6.30. The van der Waals surface area contributed by atoms with E-state index >= 15 is 0 Å². The average molecular weight is 258 g/mol. The number of morpholine rings is 1. The molecule has 106 valence electrons. The topological polar surface area (TPSA) is 65.0 Å². The lowest BCUT2D eigenvalue weighted by Gasteiger charge is -2.36. The van der Waals surface area contributed by atoms with Crippen LogP contribution in [0.1, 0.15) is 19.8 Å². The molecule has 0 aliphatic carbocycles. The lowest BCUT2D eigenvalue weighted by atomic mass is 9.93. The molecule has 0 aromatic carbocycles. The minimum Gasteiger partial charge on any atom is -0.396 e. The van der Waals surface area contributed by atoms with Crippen LogP contribution in [-0.4, -0.2) is 73.3 Å². The highest BCUT2D eigenvalue weighted by Gasteiger charge is 2.32. The van der Waals surface area contributed by atoms with Crippen molar-refractivity contribution in [2.24, 2.45) is 5.41 Å². The van der Waals surface area contributed by atoms with Crippen molar-refractivity contribution in [3.63, 3.8) is 0 Å². The summed E-state index contributed by atoms with van der Waals surface area (Å²) in [7, 11) is 0. The molecule has 2 aliphatic rings. The van der Waals surface area contributed by atoms with Gasteiger partial charge in [-0.25, -0.2) is 0 Å². The van der Waals surface area contributed by atoms with Crippen LogP contribution in [0.5, 0.6) is 0 Å². The van der Waals surface area contributed by atoms with E-state index in [4.69, 9.17) is 4.74 Å². The molecule has 18 heavy (non-hydrogen) atoms. The SMILES string of the molecule is CC(CO)(CO)CNCC1CN2CCCC2CO1. The lowest BCUT2D eigenvalue weighted by Crippen LogP contribution is -2.50. The van der Waals surface area contributed by atoms with E-state index in [0.717, 1.165) is 19.7 Å². The van der Waals surface area contributed by atoms with Gasteiger partial charge in [-0.2, -0.15) is 0 Å². The molecule has 3 N–H and O–H groups in total. The summed E-state index contributed by atoms with van der Waals surface area (Å²) < 4.78 is 5.84. The zero-order valence-electron chi connectivity index (χ0n) is 11.3. The summed E-state index contributed by atoms with van der Waals surface area (Å²) in [6, 6.07) is 0.640. The highest BCUT2D eigenvalue weighted by atomic mass is 16.5. The highest BCUT2D eigenvalue weighted by Crippen LogP contribution is 2.22. The summed E-state index contributed by atoms with van der Waals surface area (Å²) >= 11 is 0. The van der Waals surface area contributed by atoms with Crippen molar-refractivity contribution in [3.8, 4) is 0 Å². The first-order valence-electron chi connectivity index (χ1n) is 6.95. The van der Waals surface area contributed by atoms with Crippen molar-refractivity contribution in [3.05, 3.63) is 0 Å². The third kappa shape index (κ3) is 3.42. The Morgan fingerprint density at radius 1 is 1.39 bits per heavy atom. The van der Waals surface area contributed by atoms with Crippen LogP contribution in [0.15, 0.2) is 0 Å². The average Bonchev–Trinajstić information content (AvgIpc) is 2.86. The van der Waals surface area contributed by atoms with Crippen LogP contribution in [-0.2, 0) is 4.74 Å². The number of nitrogens with zero attached hydrogens (tertiary/aromatic N) is 1. The Morgan fingerprint density at radius 2 is 2.17 bits per heavy atom. The van der Waals surface area contributed by atoms with Crippen LogP contribution in [0.25, 0.3) is 0 Å². The first-order valence-corrected chi connectivity index (χ1v) is 6.95. The van der Waals surface area contributed by atoms with E-state index in [9.17, 15) is 10.2 Å². The van der Waals surface area contributed by atoms with Gasteiger partial charge in [0.25, 0.3) is 0 Å². The van der Waals surface area contributed by atoms with Crippen LogP contribution < -0.4 is 5.32 Å². The van der Waals surface area contributed by atoms with Gasteiger partial charge in [0.2, 0.25) is 0 Å². The molecule has 2 fully saturated rings. The van der Waals surface area contributed by atoms with Gasteiger partial charge in [-0.3, -0.25) is 4.90 Å². The number of nitrogens with one attached hydrogen (secondary N) is 1. The zero-order chi connectivity index (χ0) is 13.0. The number of aliphatic hydroxyl groups excluding tert-OH is 2. The minimum atomic E-state index is -0.440. The summed E-state index contributed by atoms with van der Waals surface area (Å²) in [5.74, 6) is 0. The summed E-state index contributed by atoms with van der Waals surface area (Å²) in [6.07, 6.45) is 2.80. The van der Waals surface area contributed by atoms with E-state index in [1.807, 2.05) is 6.92 Å². The van der Waals surface area contributed by atoms with E-state index in [1.54, 1.807) is 0 Å². The summed E-state index contributed by atoms with van der Waals surface area (Å²) in [5.41, 5.74) is -0.440. The van der Waals surface area contributed by atoms with Crippen molar-refractivity contribution in [1.82, 2.24) is 10.2 Å². The fraction of sp³-hybridized carbons (Fsp3) is 1.00. The Balaban J connectivity index is 1.68. The molecule has 0 amide bonds. The van der Waals surface area contributed by atoms with Gasteiger partial charge in [-0.1, -0.05) is 6.92 Å². The zero-order valence-corrected chi connectivity index (χ0v) is 11.3. The predicted molar refractivity (Wildman–Crippen MR) is 69.5 cm³/mol. The Kier molecular flexibility index (Phi) is 4.98. The molecule has 0 saturated carbocycles. The molecule has 2 saturated heterocycles. The molecule has 0 radical (unpaired) electrons. The van der Waals surface area contributed by atoms with Crippen molar-refractivity contribution in [2.45, 2.75) is 31.9 Å². The molecule has 0 aromatic rings. The van der Waals surface area contributed by atoms with Crippen LogP contribution in [0.2, 0.25) is 0 Å². The molecule has 2 aliphatic heterocycles. The number of ether oxygens (including phenoxy) is 1. The lowest BCUT2D eigenvalue weighted by molar-refractivity contribution is -0.0485. The summed E-state index contributed by atoms with van der Waals surface area (Å²) in [4.78, 5) is 2.52. The van der Waals surface area contributed by atoms with Crippen molar-refractivity contribution >= 4 is 0 Å². The molecule has 5 nitrogen and oxygen atoms in total. The van der Waals surface area contributed by atoms with Crippen molar-refractivity contribution in [1.29, 1.82) is 0 Å². The van der Waals surface area contributed by atoms with Gasteiger partial charge in [0.15, 0.2) is 0 Å². The molecule has 2 unspecified atom stereocenters. The quantitative estimate of drug-likeness (QED) is 0.595. The Morgan fingerprint density at radius 3 is 2.89 bits per heavy atom. The molecule has 0 bridgehead atoms. The second-order valence-electron chi connectivity index (χ2n) is 6.00. The maximum Gasteiger partial charge on any atom is 0.0826 e. The molecular weight excluding hydrogens is 232 g/mol. The van der Waals surface area contributed by atoms with E-state index in [1.165, 1.54) is 19.4 Å². The smallest absolute Gasteiger partial charge is 0.0826 e. The largest absolute Gasteiger partial charge is 0.396 e. The third-order valence-electron chi connectivity index (χ3n) is 4.15. The van der Waals surface area contributed by atoms with E-state index in [-0.39, 0.29) is 19.3 Å². The molecular formula is C13H26N2O3. The number of rotatable bonds is 6. The van der Waals surface area contributed by atoms with E-state index in [2.05, 4.69) is 10.2 Å². The van der Waals surface area contributed by atoms with E-state index < -0.39 is 5.41 Å². The standard InChI is InChI=1S/C13H26N2O3/c1-13(9-16,10-17)8-14-5-12-6-15-4-2-3-11(15)7-18-12/h11-12,14,16-17H,2-10H2,1H3. The normalized spacial score (nSPS) is 29.5. The number of aliphatic hydroxyl groups is 2. The van der Waals surface area contributed by atoms with Crippen molar-refractivity contribution in [2.75, 3.05) is 46.0 Å². The van der Waals surface area contributed by atoms with Gasteiger partial charge in [0.05, 0.1) is 25.9 Å². The number of fused-ring (bicyclic) bond motifs is 1. The first kappa shape index (κ1) is 14.2. The van der Waals surface area contributed by atoms with Gasteiger partial charge in [-0.15, -0.1) is 0 Å². The van der Waals surface area contributed by atoms with Gasteiger partial charge in [0, 0.05) is 31.1 Å². The fourth-order valence-corrected chi connectivity index (χ4v) is 2.71. The molecule has 2 atom stereocenters. The monoisotopic (exact) mass is 258 g/mol. The Hall–Kier alpha value is -0.200. The third-order valence-corrected chi connectivity index (χ3v) is 4.15. The molecule has 0 spiro atoms. The van der Waals surface area contributed by atoms with Gasteiger partial charge in [0.1, 0.15) is 0 Å². The molecule has 5 heteroatoms. The maximum absolute atomic E-state index is 9.21. The minimum absolute atomic E-state index is 0.00375. The molecule has 0 aromatic heterocycles. The predicted octanol–water partition coefficient (Wildman–Crippen LogP) is -0.570. The molecule has 2 heterocycles. The van der Waals surface area contributed by atoms with Crippen LogP contribution in [0, 0.1) is 5.41 Å². The van der Waals surface area contributed by atoms with Crippen molar-refractivity contribution < 1.29 is 14.9 Å². The number of hydrogen-bond acceptors (Lipinski definition) is 5. The molecule has 2 rings (SSSR count). The first-order chi connectivity index (χ1) is 8.67.